The fourth-order valence-corrected chi connectivity index (χ4v) is 6.98. The molecule has 3 aromatic heterocycles. The molecular formula is C40H38F3N3O3S. The molecule has 0 spiro atoms. The Kier molecular flexibility index (Phi) is 9.43. The van der Waals surface area contributed by atoms with Crippen molar-refractivity contribution in [3.05, 3.63) is 120 Å². The van der Waals surface area contributed by atoms with Gasteiger partial charge in [0.05, 0.1) is 27.9 Å². The summed E-state index contributed by atoms with van der Waals surface area (Å²) in [4.78, 5) is 22.3. The van der Waals surface area contributed by atoms with Gasteiger partial charge in [0.2, 0.25) is 0 Å². The van der Waals surface area contributed by atoms with Crippen molar-refractivity contribution in [2.24, 2.45) is 5.41 Å². The Morgan fingerprint density at radius 1 is 0.900 bits per heavy atom. The van der Waals surface area contributed by atoms with E-state index in [1.54, 1.807) is 37.7 Å². The number of pyridine rings is 2. The Bertz CT molecular complexity index is 2190. The number of thioether (sulfide) groups is 1. The van der Waals surface area contributed by atoms with Crippen LogP contribution in [0.1, 0.15) is 57.1 Å². The van der Waals surface area contributed by atoms with Gasteiger partial charge in [-0.25, -0.2) is 4.98 Å². The summed E-state index contributed by atoms with van der Waals surface area (Å²) >= 11 is 1.69. The average molecular weight is 698 g/mol. The maximum absolute atomic E-state index is 13.3. The Labute approximate surface area is 293 Å². The number of halogens is 3. The van der Waals surface area contributed by atoms with Crippen LogP contribution < -0.4 is 4.74 Å². The second-order valence-corrected chi connectivity index (χ2v) is 15.9. The highest BCUT2D eigenvalue weighted by molar-refractivity contribution is 8.00. The van der Waals surface area contributed by atoms with Crippen LogP contribution in [-0.4, -0.2) is 30.4 Å². The number of nitrogens with zero attached hydrogens (tertiary/aromatic N) is 3. The van der Waals surface area contributed by atoms with E-state index in [1.165, 1.54) is 6.20 Å². The molecule has 0 radical (unpaired) electrons. The molecule has 258 valence electrons. The summed E-state index contributed by atoms with van der Waals surface area (Å²) in [5, 5.41) is 12.2. The zero-order valence-corrected chi connectivity index (χ0v) is 29.3. The maximum atomic E-state index is 13.3. The number of para-hydroxylation sites is 1. The Morgan fingerprint density at radius 2 is 1.64 bits per heavy atom. The number of aromatic nitrogens is 3. The number of aliphatic carboxylic acids is 1. The van der Waals surface area contributed by atoms with E-state index in [4.69, 9.17) is 9.72 Å². The maximum Gasteiger partial charge on any atom is 0.416 e. The van der Waals surface area contributed by atoms with Crippen molar-refractivity contribution in [2.45, 2.75) is 70.0 Å². The molecule has 0 atom stereocenters. The van der Waals surface area contributed by atoms with E-state index >= 15 is 0 Å². The lowest BCUT2D eigenvalue weighted by Crippen LogP contribution is -2.28. The minimum absolute atomic E-state index is 0.188. The molecule has 0 unspecified atom stereocenters. The summed E-state index contributed by atoms with van der Waals surface area (Å²) in [5.74, 6) is -0.229. The van der Waals surface area contributed by atoms with Crippen molar-refractivity contribution in [1.29, 1.82) is 0 Å². The fourth-order valence-electron chi connectivity index (χ4n) is 5.79. The van der Waals surface area contributed by atoms with Gasteiger partial charge in [-0.05, 0) is 61.9 Å². The van der Waals surface area contributed by atoms with E-state index in [-0.39, 0.29) is 23.5 Å². The number of carboxylic acid groups (broad SMARTS) is 1. The van der Waals surface area contributed by atoms with Crippen LogP contribution in [0.2, 0.25) is 0 Å². The van der Waals surface area contributed by atoms with Gasteiger partial charge in [0.15, 0.2) is 0 Å². The van der Waals surface area contributed by atoms with Crippen LogP contribution in [0.25, 0.3) is 33.1 Å². The number of hydrogen-bond donors (Lipinski definition) is 1. The van der Waals surface area contributed by atoms with Crippen LogP contribution in [-0.2, 0) is 30.5 Å². The molecule has 0 fully saturated rings. The molecule has 0 aliphatic rings. The third-order valence-corrected chi connectivity index (χ3v) is 9.68. The molecule has 0 amide bonds. The van der Waals surface area contributed by atoms with Crippen LogP contribution >= 0.6 is 11.8 Å². The highest BCUT2D eigenvalue weighted by Crippen LogP contribution is 2.44. The predicted octanol–water partition coefficient (Wildman–Crippen LogP) is 10.4. The largest absolute Gasteiger partial charge is 0.487 e. The van der Waals surface area contributed by atoms with Crippen LogP contribution in [0.4, 0.5) is 13.2 Å². The van der Waals surface area contributed by atoms with Gasteiger partial charge in [-0.3, -0.25) is 9.78 Å². The van der Waals surface area contributed by atoms with E-state index in [9.17, 15) is 23.1 Å². The number of ether oxygens (including phenoxy) is 1. The highest BCUT2D eigenvalue weighted by atomic mass is 32.2. The lowest BCUT2D eigenvalue weighted by atomic mass is 9.88. The molecule has 0 saturated carbocycles. The van der Waals surface area contributed by atoms with Gasteiger partial charge in [-0.2, -0.15) is 13.2 Å². The van der Waals surface area contributed by atoms with Gasteiger partial charge in [0.1, 0.15) is 12.4 Å². The molecule has 0 saturated heterocycles. The first kappa shape index (κ1) is 35.0. The van der Waals surface area contributed by atoms with Crippen molar-refractivity contribution < 1.29 is 27.8 Å². The summed E-state index contributed by atoms with van der Waals surface area (Å²) in [5.41, 5.74) is 3.41. The number of alkyl halides is 3. The van der Waals surface area contributed by atoms with E-state index in [0.29, 0.717) is 17.9 Å². The van der Waals surface area contributed by atoms with Crippen molar-refractivity contribution in [2.75, 3.05) is 0 Å². The molecule has 6 nitrogen and oxygen atoms in total. The first-order valence-electron chi connectivity index (χ1n) is 16.2. The first-order valence-corrected chi connectivity index (χ1v) is 17.1. The summed E-state index contributed by atoms with van der Waals surface area (Å²) in [6, 6.07) is 27.1. The van der Waals surface area contributed by atoms with Crippen molar-refractivity contribution in [1.82, 2.24) is 14.5 Å². The van der Waals surface area contributed by atoms with Crippen LogP contribution in [0, 0.1) is 5.41 Å². The normalized spacial score (nSPS) is 12.5. The zero-order valence-electron chi connectivity index (χ0n) is 28.5. The fraction of sp³-hybridized carbons (Fsp3) is 0.275. The lowest BCUT2D eigenvalue weighted by molar-refractivity contribution is -0.147. The number of hydrogen-bond acceptors (Lipinski definition) is 5. The van der Waals surface area contributed by atoms with Gasteiger partial charge in [-0.15, -0.1) is 11.8 Å². The molecule has 0 aliphatic carbocycles. The zero-order chi connectivity index (χ0) is 35.8. The molecule has 6 rings (SSSR count). The van der Waals surface area contributed by atoms with E-state index in [2.05, 4.69) is 30.3 Å². The molecule has 1 N–H and O–H groups in total. The SMILES string of the molecule is CC(C)(C)Sc1c(CC(C)(C)C(=O)O)n(Cc2ccc(-c3cc(C(F)(F)F)ccn3)cc2)c2ccc(OCc3ccc4ccccc4n3)cc12. The third kappa shape index (κ3) is 7.81. The van der Waals surface area contributed by atoms with E-state index in [1.807, 2.05) is 66.7 Å². The van der Waals surface area contributed by atoms with Crippen molar-refractivity contribution in [3.8, 4) is 17.0 Å². The molecule has 0 bridgehead atoms. The number of carbonyl (C=O) groups is 1. The quantitative estimate of drug-likeness (QED) is 0.144. The predicted molar refractivity (Wildman–Crippen MR) is 193 cm³/mol. The van der Waals surface area contributed by atoms with Crippen LogP contribution in [0.3, 0.4) is 0 Å². The lowest BCUT2D eigenvalue weighted by Gasteiger charge is -2.24. The Morgan fingerprint density at radius 3 is 2.34 bits per heavy atom. The number of benzene rings is 3. The number of rotatable bonds is 10. The standard InChI is InChI=1S/C40H38F3N3O3S/c1-38(2,3)50-36-31-21-30(49-24-29-15-14-26-8-6-7-9-32(26)45-29)16-17-34(31)46(35(36)22-39(4,5)37(47)48)23-25-10-12-27(13-11-25)33-20-28(18-19-44-33)40(41,42)43/h6-21H,22-24H2,1-5H3,(H,47,48). The average Bonchev–Trinajstić information content (AvgIpc) is 3.32. The minimum Gasteiger partial charge on any atom is -0.487 e. The minimum atomic E-state index is -4.46. The second-order valence-electron chi connectivity index (χ2n) is 14.0. The summed E-state index contributed by atoms with van der Waals surface area (Å²) in [6.45, 7) is 10.5. The summed E-state index contributed by atoms with van der Waals surface area (Å²) < 4.78 is 48.3. The molecule has 50 heavy (non-hydrogen) atoms. The molecule has 3 aromatic carbocycles. The Balaban J connectivity index is 1.39. The van der Waals surface area contributed by atoms with Crippen molar-refractivity contribution >= 4 is 39.5 Å². The molecular weight excluding hydrogens is 660 g/mol. The molecule has 6 aromatic rings. The first-order chi connectivity index (χ1) is 23.6. The molecule has 0 aliphatic heterocycles. The smallest absolute Gasteiger partial charge is 0.416 e. The number of fused-ring (bicyclic) bond motifs is 2. The van der Waals surface area contributed by atoms with Crippen molar-refractivity contribution in [3.63, 3.8) is 0 Å². The molecule has 10 heteroatoms. The van der Waals surface area contributed by atoms with Gasteiger partial charge >= 0.3 is 12.1 Å². The van der Waals surface area contributed by atoms with Gasteiger partial charge < -0.3 is 14.4 Å². The van der Waals surface area contributed by atoms with Crippen LogP contribution in [0.5, 0.6) is 5.75 Å². The topological polar surface area (TPSA) is 77.2 Å². The van der Waals surface area contributed by atoms with E-state index in [0.717, 1.165) is 55.8 Å². The molecule has 3 heterocycles. The van der Waals surface area contributed by atoms with Gasteiger partial charge in [0, 0.05) is 56.4 Å². The van der Waals surface area contributed by atoms with Gasteiger partial charge in [-0.1, -0.05) is 69.3 Å². The number of carboxylic acids is 1. The second kappa shape index (κ2) is 13.5. The monoisotopic (exact) mass is 697 g/mol. The Hall–Kier alpha value is -4.83. The van der Waals surface area contributed by atoms with Crippen LogP contribution in [0.15, 0.2) is 102 Å². The van der Waals surface area contributed by atoms with Gasteiger partial charge in [0.25, 0.3) is 0 Å². The summed E-state index contributed by atoms with van der Waals surface area (Å²) in [7, 11) is 0. The third-order valence-electron chi connectivity index (χ3n) is 8.41. The summed E-state index contributed by atoms with van der Waals surface area (Å²) in [6.07, 6.45) is -3.02. The highest BCUT2D eigenvalue weighted by Gasteiger charge is 2.33. The van der Waals surface area contributed by atoms with E-state index < -0.39 is 23.1 Å².